The number of nitrogens with one attached hydrogen (secondary N) is 2. The quantitative estimate of drug-likeness (QED) is 0.395. The van der Waals surface area contributed by atoms with Crippen LogP contribution < -0.4 is 16.8 Å². The molecule has 3 rings (SSSR count). The van der Waals surface area contributed by atoms with Crippen LogP contribution in [0.15, 0.2) is 23.2 Å². The molecule has 0 bridgehead atoms. The summed E-state index contributed by atoms with van der Waals surface area (Å²) < 4.78 is 42.5. The summed E-state index contributed by atoms with van der Waals surface area (Å²) in [5, 5.41) is 10.2. The molecule has 8 nitrogen and oxygen atoms in total. The zero-order chi connectivity index (χ0) is 23.4. The van der Waals surface area contributed by atoms with Gasteiger partial charge in [0.25, 0.3) is 5.91 Å². The smallest absolute Gasteiger partial charge is 0.273 e. The van der Waals surface area contributed by atoms with Gasteiger partial charge in [0.05, 0.1) is 12.1 Å². The number of likely N-dealkylation sites (tertiary alicyclic amines) is 1. The van der Waals surface area contributed by atoms with Gasteiger partial charge in [-0.25, -0.2) is 18.2 Å². The molecule has 1 amide bonds. The molecule has 1 aliphatic heterocycles. The Balaban J connectivity index is 1.82. The highest BCUT2D eigenvalue weighted by Gasteiger charge is 2.30. The Hall–Kier alpha value is -2.99. The van der Waals surface area contributed by atoms with Gasteiger partial charge in [0, 0.05) is 25.8 Å². The van der Waals surface area contributed by atoms with E-state index in [4.69, 9.17) is 16.9 Å². The van der Waals surface area contributed by atoms with Crippen molar-refractivity contribution in [1.82, 2.24) is 15.2 Å². The van der Waals surface area contributed by atoms with E-state index >= 15 is 0 Å². The second kappa shape index (κ2) is 10.1. The Labute approximate surface area is 187 Å². The van der Waals surface area contributed by atoms with Crippen molar-refractivity contribution in [3.63, 3.8) is 0 Å². The summed E-state index contributed by atoms with van der Waals surface area (Å²) in [5.74, 6) is -2.12. The molecule has 32 heavy (non-hydrogen) atoms. The van der Waals surface area contributed by atoms with Crippen LogP contribution in [0.4, 0.5) is 18.2 Å². The van der Waals surface area contributed by atoms with Crippen molar-refractivity contribution >= 4 is 34.3 Å². The van der Waals surface area contributed by atoms with Crippen LogP contribution in [-0.2, 0) is 0 Å². The maximum atomic E-state index is 14.3. The number of anilines is 1. The Bertz CT molecular complexity index is 1010. The number of rotatable bonds is 5. The van der Waals surface area contributed by atoms with Crippen LogP contribution in [0.5, 0.6) is 0 Å². The lowest BCUT2D eigenvalue weighted by Crippen LogP contribution is -2.51. The molecule has 1 saturated heterocycles. The molecule has 3 atom stereocenters. The van der Waals surface area contributed by atoms with E-state index in [1.54, 1.807) is 4.90 Å². The number of nitrogens with zero attached hydrogens (tertiary/aromatic N) is 3. The minimum absolute atomic E-state index is 0.0103. The summed E-state index contributed by atoms with van der Waals surface area (Å²) in [5.41, 5.74) is 11.1. The summed E-state index contributed by atoms with van der Waals surface area (Å²) in [6.45, 7) is 0.458. The third kappa shape index (κ3) is 4.91. The molecule has 6 N–H and O–H groups in total. The monoisotopic (exact) mass is 467 g/mol. The van der Waals surface area contributed by atoms with Gasteiger partial charge in [-0.15, -0.1) is 0 Å². The molecule has 12 heteroatoms. The lowest BCUT2D eigenvalue weighted by atomic mass is 10.1. The van der Waals surface area contributed by atoms with Gasteiger partial charge in [0.15, 0.2) is 5.69 Å². The van der Waals surface area contributed by atoms with E-state index in [2.05, 4.69) is 15.3 Å². The number of hydrogen-bond acceptors (Lipinski definition) is 7. The summed E-state index contributed by atoms with van der Waals surface area (Å²) in [6.07, 6.45) is 0.832. The van der Waals surface area contributed by atoms with Crippen molar-refractivity contribution in [3.05, 3.63) is 35.5 Å². The largest absolute Gasteiger partial charge is 0.389 e. The van der Waals surface area contributed by atoms with Crippen LogP contribution in [-0.4, -0.2) is 66.2 Å². The average molecular weight is 468 g/mol. The Morgan fingerprint density at radius 2 is 2.12 bits per heavy atom. The van der Waals surface area contributed by atoms with E-state index in [1.165, 1.54) is 13.1 Å². The molecule has 1 aliphatic rings. The molecule has 0 saturated carbocycles. The number of halogens is 3. The van der Waals surface area contributed by atoms with Gasteiger partial charge in [0.2, 0.25) is 0 Å². The topological polar surface area (TPSA) is 133 Å². The Morgan fingerprint density at radius 1 is 1.44 bits per heavy atom. The number of amidine groups is 1. The Kier molecular flexibility index (Phi) is 7.46. The molecule has 2 aromatic rings. The van der Waals surface area contributed by atoms with Crippen LogP contribution >= 0.6 is 11.3 Å². The lowest BCUT2D eigenvalue weighted by Gasteiger charge is -2.29. The second-order valence-electron chi connectivity index (χ2n) is 7.30. The maximum Gasteiger partial charge on any atom is 0.273 e. The van der Waals surface area contributed by atoms with E-state index in [1.807, 2.05) is 0 Å². The number of nitrogen functional groups attached to an aromatic ring is 1. The first-order valence-corrected chi connectivity index (χ1v) is 10.7. The van der Waals surface area contributed by atoms with Crippen molar-refractivity contribution in [2.75, 3.05) is 25.9 Å². The maximum absolute atomic E-state index is 14.3. The van der Waals surface area contributed by atoms with Gasteiger partial charge in [0.1, 0.15) is 39.7 Å². The highest BCUT2D eigenvalue weighted by Crippen LogP contribution is 2.33. The van der Waals surface area contributed by atoms with Crippen molar-refractivity contribution in [2.45, 2.75) is 31.1 Å². The van der Waals surface area contributed by atoms with E-state index in [0.717, 1.165) is 29.7 Å². The van der Waals surface area contributed by atoms with Crippen molar-refractivity contribution in [2.24, 2.45) is 10.7 Å². The number of benzene rings is 1. The van der Waals surface area contributed by atoms with Crippen LogP contribution in [0, 0.1) is 17.0 Å². The number of aromatic nitrogens is 1. The molecule has 0 spiro atoms. The van der Waals surface area contributed by atoms with E-state index in [9.17, 15) is 18.0 Å². The van der Waals surface area contributed by atoms with Gasteiger partial charge in [-0.05, 0) is 25.0 Å². The molecular formula is C20H24F3N7OS. The van der Waals surface area contributed by atoms with E-state index < -0.39 is 35.8 Å². The van der Waals surface area contributed by atoms with Gasteiger partial charge >= 0.3 is 0 Å². The van der Waals surface area contributed by atoms with Gasteiger partial charge in [-0.1, -0.05) is 17.4 Å². The lowest BCUT2D eigenvalue weighted by molar-refractivity contribution is 0.0949. The third-order valence-corrected chi connectivity index (χ3v) is 6.06. The summed E-state index contributed by atoms with van der Waals surface area (Å²) in [6, 6.07) is 1.81. The zero-order valence-corrected chi connectivity index (χ0v) is 18.1. The molecule has 1 aromatic carbocycles. The predicted molar refractivity (Wildman–Crippen MR) is 119 cm³/mol. The molecule has 0 radical (unpaired) electrons. The fourth-order valence-corrected chi connectivity index (χ4v) is 4.39. The third-order valence-electron chi connectivity index (χ3n) is 5.15. The van der Waals surface area contributed by atoms with Crippen LogP contribution in [0.25, 0.3) is 10.6 Å². The molecule has 172 valence electrons. The molecule has 3 unspecified atom stereocenters. The average Bonchev–Trinajstić information content (AvgIpc) is 3.05. The number of hydrogen-bond donors (Lipinski definition) is 4. The normalized spacial score (nSPS) is 20.5. The van der Waals surface area contributed by atoms with Crippen molar-refractivity contribution in [1.29, 1.82) is 5.41 Å². The standard InChI is InChI=1S/C20H24F3N7OS/c1-27-18(30-7-3-6-13(25)12(23)9-30)14(8-24)28-19(31)16-17(26)32-20(29-16)15-10(21)4-2-5-11(15)22/h2,4-5,8,12-14,24H,3,6-7,9,25-26H2,1H3,(H,28,31). The summed E-state index contributed by atoms with van der Waals surface area (Å²) >= 11 is 0.769. The Morgan fingerprint density at radius 3 is 2.75 bits per heavy atom. The fraction of sp³-hybridized carbons (Fsp3) is 0.400. The van der Waals surface area contributed by atoms with Crippen molar-refractivity contribution < 1.29 is 18.0 Å². The number of carbonyl (C=O) groups excluding carboxylic acids is 1. The predicted octanol–water partition coefficient (Wildman–Crippen LogP) is 2.21. The first-order valence-electron chi connectivity index (χ1n) is 9.90. The second-order valence-corrected chi connectivity index (χ2v) is 8.33. The number of carbonyl (C=O) groups is 1. The molecule has 2 heterocycles. The number of thiazole rings is 1. The first kappa shape index (κ1) is 23.7. The molecular weight excluding hydrogens is 443 g/mol. The first-order chi connectivity index (χ1) is 15.3. The number of alkyl halides is 1. The van der Waals surface area contributed by atoms with Crippen LogP contribution in [0.3, 0.4) is 0 Å². The number of amides is 1. The van der Waals surface area contributed by atoms with Gasteiger partial charge in [-0.3, -0.25) is 9.79 Å². The summed E-state index contributed by atoms with van der Waals surface area (Å²) in [4.78, 5) is 22.7. The molecule has 0 aliphatic carbocycles. The molecule has 1 aromatic heterocycles. The number of nitrogens with two attached hydrogens (primary N) is 2. The highest BCUT2D eigenvalue weighted by atomic mass is 32.1. The molecule has 1 fully saturated rings. The van der Waals surface area contributed by atoms with E-state index in [-0.39, 0.29) is 27.8 Å². The minimum atomic E-state index is -1.27. The van der Waals surface area contributed by atoms with Gasteiger partial charge in [-0.2, -0.15) is 0 Å². The van der Waals surface area contributed by atoms with Gasteiger partial charge < -0.3 is 27.1 Å². The van der Waals surface area contributed by atoms with E-state index in [0.29, 0.717) is 25.2 Å². The summed E-state index contributed by atoms with van der Waals surface area (Å²) in [7, 11) is 1.48. The van der Waals surface area contributed by atoms with Crippen LogP contribution in [0.2, 0.25) is 0 Å². The highest BCUT2D eigenvalue weighted by molar-refractivity contribution is 7.19. The fourth-order valence-electron chi connectivity index (χ4n) is 3.52. The zero-order valence-electron chi connectivity index (χ0n) is 17.3. The van der Waals surface area contributed by atoms with Crippen LogP contribution in [0.1, 0.15) is 23.3 Å². The SMILES string of the molecule is CN=C(C(C=N)NC(=O)c1nc(-c2c(F)cccc2F)sc1N)N1CCCC(N)C(F)C1. The minimum Gasteiger partial charge on any atom is -0.389 e. The number of aliphatic imine (C=N–C) groups is 1. The van der Waals surface area contributed by atoms with Crippen molar-refractivity contribution in [3.8, 4) is 10.6 Å².